The van der Waals surface area contributed by atoms with Crippen LogP contribution in [0.25, 0.3) is 0 Å². The number of aromatic amines is 1. The predicted molar refractivity (Wildman–Crippen MR) is 79.0 cm³/mol. The van der Waals surface area contributed by atoms with Gasteiger partial charge in [0.1, 0.15) is 5.82 Å². The van der Waals surface area contributed by atoms with E-state index in [1.54, 1.807) is 0 Å². The molecule has 2 rings (SSSR count). The number of carbonyl (C=O) groups excluding carboxylic acids is 2. The second kappa shape index (κ2) is 7.13. The van der Waals surface area contributed by atoms with Crippen LogP contribution in [0.3, 0.4) is 0 Å². The zero-order valence-electron chi connectivity index (χ0n) is 11.9. The molecule has 0 radical (unpaired) electrons. The van der Waals surface area contributed by atoms with Crippen molar-refractivity contribution < 1.29 is 23.6 Å². The largest absolute Gasteiger partial charge is 0.452 e. The van der Waals surface area contributed by atoms with E-state index in [2.05, 4.69) is 10.3 Å². The number of nitro benzene ring substituents is 1. The molecule has 1 amide bonds. The molecule has 9 nitrogen and oxygen atoms in total. The molecule has 0 atom stereocenters. The third-order valence-electron chi connectivity index (χ3n) is 2.79. The zero-order chi connectivity index (χ0) is 17.7. The summed E-state index contributed by atoms with van der Waals surface area (Å²) in [6.45, 7) is -0.736. The number of nitrogens with one attached hydrogen (secondary N) is 2. The van der Waals surface area contributed by atoms with E-state index in [0.717, 1.165) is 30.5 Å². The topological polar surface area (TPSA) is 131 Å². The highest BCUT2D eigenvalue weighted by Gasteiger charge is 2.15. The fourth-order valence-corrected chi connectivity index (χ4v) is 1.66. The van der Waals surface area contributed by atoms with Gasteiger partial charge in [0.15, 0.2) is 6.61 Å². The summed E-state index contributed by atoms with van der Waals surface area (Å²) in [4.78, 5) is 46.3. The van der Waals surface area contributed by atoms with Crippen molar-refractivity contribution in [1.82, 2.24) is 4.98 Å². The van der Waals surface area contributed by atoms with Crippen molar-refractivity contribution in [1.29, 1.82) is 0 Å². The number of halogens is 1. The van der Waals surface area contributed by atoms with Gasteiger partial charge in [0.2, 0.25) is 5.56 Å². The number of rotatable bonds is 5. The Balaban J connectivity index is 1.97. The molecular weight excluding hydrogens is 325 g/mol. The highest BCUT2D eigenvalue weighted by molar-refractivity contribution is 5.95. The number of amides is 1. The van der Waals surface area contributed by atoms with Gasteiger partial charge in [-0.15, -0.1) is 0 Å². The summed E-state index contributed by atoms with van der Waals surface area (Å²) < 4.78 is 18.2. The van der Waals surface area contributed by atoms with E-state index in [0.29, 0.717) is 0 Å². The van der Waals surface area contributed by atoms with Crippen LogP contribution in [-0.2, 0) is 9.53 Å². The Kier molecular flexibility index (Phi) is 5.00. The summed E-state index contributed by atoms with van der Waals surface area (Å²) in [6.07, 6.45) is 1.11. The van der Waals surface area contributed by atoms with Crippen molar-refractivity contribution in [2.75, 3.05) is 11.9 Å². The first-order valence-electron chi connectivity index (χ1n) is 6.46. The number of carbonyl (C=O) groups is 2. The van der Waals surface area contributed by atoms with Crippen molar-refractivity contribution >= 4 is 23.3 Å². The number of pyridine rings is 1. The quantitative estimate of drug-likeness (QED) is 0.480. The first kappa shape index (κ1) is 16.8. The molecule has 10 heteroatoms. The molecule has 124 valence electrons. The van der Waals surface area contributed by atoms with Crippen molar-refractivity contribution in [2.45, 2.75) is 0 Å². The molecule has 0 saturated carbocycles. The van der Waals surface area contributed by atoms with E-state index in [4.69, 9.17) is 4.74 Å². The van der Waals surface area contributed by atoms with Crippen LogP contribution in [0.5, 0.6) is 0 Å². The van der Waals surface area contributed by atoms with Crippen LogP contribution in [0.4, 0.5) is 15.8 Å². The first-order chi connectivity index (χ1) is 11.4. The van der Waals surface area contributed by atoms with Crippen LogP contribution < -0.4 is 10.9 Å². The van der Waals surface area contributed by atoms with E-state index >= 15 is 0 Å². The van der Waals surface area contributed by atoms with Gasteiger partial charge in [-0.25, -0.2) is 9.18 Å². The predicted octanol–water partition coefficient (Wildman–Crippen LogP) is 1.22. The molecule has 0 aliphatic rings. The molecule has 2 aromatic rings. The molecule has 24 heavy (non-hydrogen) atoms. The Hall–Kier alpha value is -3.56. The fourth-order valence-electron chi connectivity index (χ4n) is 1.66. The van der Waals surface area contributed by atoms with E-state index in [1.807, 2.05) is 0 Å². The van der Waals surface area contributed by atoms with Crippen LogP contribution in [-0.4, -0.2) is 28.4 Å². The number of hydrogen-bond donors (Lipinski definition) is 2. The molecule has 1 heterocycles. The van der Waals surface area contributed by atoms with Gasteiger partial charge < -0.3 is 15.0 Å². The highest BCUT2D eigenvalue weighted by atomic mass is 19.1. The Morgan fingerprint density at radius 3 is 2.67 bits per heavy atom. The molecule has 0 unspecified atom stereocenters. The number of H-pyrrole nitrogens is 1. The lowest BCUT2D eigenvalue weighted by atomic mass is 10.2. The summed E-state index contributed by atoms with van der Waals surface area (Å²) in [5.74, 6) is -2.63. The van der Waals surface area contributed by atoms with Crippen LogP contribution in [0.15, 0.2) is 41.3 Å². The number of ether oxygens (including phenoxy) is 1. The van der Waals surface area contributed by atoms with E-state index in [9.17, 15) is 28.9 Å². The van der Waals surface area contributed by atoms with Gasteiger partial charge in [0.25, 0.3) is 11.6 Å². The highest BCUT2D eigenvalue weighted by Crippen LogP contribution is 2.21. The van der Waals surface area contributed by atoms with Gasteiger partial charge in [-0.05, 0) is 12.1 Å². The Morgan fingerprint density at radius 1 is 1.29 bits per heavy atom. The number of anilines is 1. The number of non-ortho nitro benzene ring substituents is 1. The minimum absolute atomic E-state index is 0.0175. The molecule has 0 fully saturated rings. The molecule has 0 aliphatic heterocycles. The standard InChI is InChI=1S/C14H10FN3O6/c15-10-3-2-9(18(22)23)5-11(10)17-13(20)7-24-14(21)8-1-4-12(19)16-6-8/h1-6H,7H2,(H,16,19)(H,17,20). The Bertz CT molecular complexity index is 843. The summed E-state index contributed by atoms with van der Waals surface area (Å²) in [7, 11) is 0. The second-order valence-electron chi connectivity index (χ2n) is 4.49. The lowest BCUT2D eigenvalue weighted by Gasteiger charge is -2.07. The Morgan fingerprint density at radius 2 is 2.04 bits per heavy atom. The van der Waals surface area contributed by atoms with Crippen molar-refractivity contribution in [3.05, 3.63) is 68.4 Å². The smallest absolute Gasteiger partial charge is 0.340 e. The molecule has 0 aliphatic carbocycles. The second-order valence-corrected chi connectivity index (χ2v) is 4.49. The van der Waals surface area contributed by atoms with Gasteiger partial charge in [0.05, 0.1) is 16.2 Å². The zero-order valence-corrected chi connectivity index (χ0v) is 11.9. The average molecular weight is 335 g/mol. The van der Waals surface area contributed by atoms with Crippen LogP contribution in [0.2, 0.25) is 0 Å². The normalized spacial score (nSPS) is 10.0. The minimum Gasteiger partial charge on any atom is -0.452 e. The summed E-state index contributed by atoms with van der Waals surface area (Å²) in [5.41, 5.74) is -1.21. The minimum atomic E-state index is -0.882. The van der Waals surface area contributed by atoms with Gasteiger partial charge in [-0.2, -0.15) is 0 Å². The van der Waals surface area contributed by atoms with Gasteiger partial charge in [0, 0.05) is 24.4 Å². The van der Waals surface area contributed by atoms with Crippen LogP contribution in [0.1, 0.15) is 10.4 Å². The monoisotopic (exact) mass is 335 g/mol. The summed E-state index contributed by atoms with van der Waals surface area (Å²) in [6, 6.07) is 4.94. The van der Waals surface area contributed by atoms with Crippen molar-refractivity contribution in [2.24, 2.45) is 0 Å². The summed E-state index contributed by atoms with van der Waals surface area (Å²) >= 11 is 0. The molecule has 0 spiro atoms. The maximum atomic E-state index is 13.5. The first-order valence-corrected chi connectivity index (χ1v) is 6.46. The molecule has 1 aromatic carbocycles. The van der Waals surface area contributed by atoms with Crippen LogP contribution >= 0.6 is 0 Å². The average Bonchev–Trinajstić information content (AvgIpc) is 2.55. The number of esters is 1. The number of nitrogens with zero attached hydrogens (tertiary/aromatic N) is 1. The maximum Gasteiger partial charge on any atom is 0.340 e. The van der Waals surface area contributed by atoms with E-state index in [1.165, 1.54) is 6.07 Å². The SMILES string of the molecule is O=C(COC(=O)c1ccc(=O)[nH]c1)Nc1cc([N+](=O)[O-])ccc1F. The molecule has 2 N–H and O–H groups in total. The Labute approximate surface area is 133 Å². The van der Waals surface area contributed by atoms with E-state index in [-0.39, 0.29) is 5.56 Å². The number of aromatic nitrogens is 1. The third-order valence-corrected chi connectivity index (χ3v) is 2.79. The number of nitro groups is 1. The number of benzene rings is 1. The van der Waals surface area contributed by atoms with Crippen LogP contribution in [0, 0.1) is 15.9 Å². The van der Waals surface area contributed by atoms with Crippen molar-refractivity contribution in [3.63, 3.8) is 0 Å². The maximum absolute atomic E-state index is 13.5. The molecule has 1 aromatic heterocycles. The molecule has 0 saturated heterocycles. The van der Waals surface area contributed by atoms with Gasteiger partial charge in [-0.1, -0.05) is 0 Å². The van der Waals surface area contributed by atoms with Gasteiger partial charge in [-0.3, -0.25) is 19.7 Å². The molecule has 0 bridgehead atoms. The van der Waals surface area contributed by atoms with Crippen molar-refractivity contribution in [3.8, 4) is 0 Å². The fraction of sp³-hybridized carbons (Fsp3) is 0.0714. The lowest BCUT2D eigenvalue weighted by Crippen LogP contribution is -2.22. The van der Waals surface area contributed by atoms with E-state index < -0.39 is 46.2 Å². The van der Waals surface area contributed by atoms with Gasteiger partial charge >= 0.3 is 5.97 Å². The number of hydrogen-bond acceptors (Lipinski definition) is 6. The third kappa shape index (κ3) is 4.22. The summed E-state index contributed by atoms with van der Waals surface area (Å²) in [5, 5.41) is 12.7. The lowest BCUT2D eigenvalue weighted by molar-refractivity contribution is -0.384. The molecular formula is C14H10FN3O6.